The van der Waals surface area contributed by atoms with Gasteiger partial charge in [-0.3, -0.25) is 0 Å². The van der Waals surface area contributed by atoms with Crippen molar-refractivity contribution in [2.24, 2.45) is 11.8 Å². The van der Waals surface area contributed by atoms with Crippen LogP contribution in [0.5, 0.6) is 0 Å². The second-order valence-corrected chi connectivity index (χ2v) is 5.39. The van der Waals surface area contributed by atoms with Gasteiger partial charge in [-0.15, -0.1) is 0 Å². The van der Waals surface area contributed by atoms with E-state index >= 15 is 0 Å². The Balaban J connectivity index is 2.44. The Morgan fingerprint density at radius 3 is 2.80 bits per heavy atom. The van der Waals surface area contributed by atoms with Crippen molar-refractivity contribution in [1.82, 2.24) is 9.97 Å². The van der Waals surface area contributed by atoms with E-state index < -0.39 is 0 Å². The van der Waals surface area contributed by atoms with Gasteiger partial charge in [0.2, 0.25) is 5.28 Å². The van der Waals surface area contributed by atoms with Crippen molar-refractivity contribution in [3.63, 3.8) is 0 Å². The molecule has 2 rings (SSSR count). The second-order valence-electron chi connectivity index (χ2n) is 5.05. The molecule has 1 aromatic heterocycles. The third kappa shape index (κ3) is 3.25. The Morgan fingerprint density at radius 1 is 1.45 bits per heavy atom. The van der Waals surface area contributed by atoms with E-state index in [9.17, 15) is 4.39 Å². The van der Waals surface area contributed by atoms with Crippen LogP contribution in [0.25, 0.3) is 5.57 Å². The first-order chi connectivity index (χ1) is 9.52. The molecule has 1 aliphatic carbocycles. The molecule has 2 atom stereocenters. The van der Waals surface area contributed by atoms with Crippen molar-refractivity contribution >= 4 is 17.2 Å². The molecule has 0 N–H and O–H groups in total. The van der Waals surface area contributed by atoms with E-state index in [1.807, 2.05) is 6.92 Å². The van der Waals surface area contributed by atoms with Gasteiger partial charge in [-0.1, -0.05) is 13.8 Å². The highest BCUT2D eigenvalue weighted by atomic mass is 35.5. The first-order valence-electron chi connectivity index (χ1n) is 6.72. The van der Waals surface area contributed by atoms with Crippen molar-refractivity contribution in [2.75, 3.05) is 6.61 Å². The normalized spacial score (nSPS) is 22.7. The standard InChI is InChI=1S/C15H18ClFN2O/c1-4-20-13-8-10(17)7-11(14(13)9(2)3)12-5-6-18-15(16)19-12/h5-9,13-14H,4H2,1-3H3. The van der Waals surface area contributed by atoms with Gasteiger partial charge < -0.3 is 4.74 Å². The number of allylic oxidation sites excluding steroid dienone is 2. The molecule has 0 aromatic carbocycles. The van der Waals surface area contributed by atoms with Crippen LogP contribution in [0.15, 0.2) is 30.2 Å². The number of ether oxygens (including phenoxy) is 1. The van der Waals surface area contributed by atoms with Crippen LogP contribution in [0.2, 0.25) is 5.28 Å². The van der Waals surface area contributed by atoms with Crippen molar-refractivity contribution in [3.05, 3.63) is 41.2 Å². The van der Waals surface area contributed by atoms with Crippen molar-refractivity contribution in [2.45, 2.75) is 26.9 Å². The lowest BCUT2D eigenvalue weighted by Crippen LogP contribution is -2.30. The minimum absolute atomic E-state index is 0.0421. The van der Waals surface area contributed by atoms with E-state index in [4.69, 9.17) is 16.3 Å². The average molecular weight is 297 g/mol. The highest BCUT2D eigenvalue weighted by molar-refractivity contribution is 6.28. The summed E-state index contributed by atoms with van der Waals surface area (Å²) in [6.45, 7) is 6.62. The maximum atomic E-state index is 13.9. The van der Waals surface area contributed by atoms with E-state index in [1.165, 1.54) is 12.2 Å². The fraction of sp³-hybridized carbons (Fsp3) is 0.467. The van der Waals surface area contributed by atoms with Gasteiger partial charge in [0.15, 0.2) is 0 Å². The largest absolute Gasteiger partial charge is 0.374 e. The second kappa shape index (κ2) is 6.46. The smallest absolute Gasteiger partial charge is 0.222 e. The quantitative estimate of drug-likeness (QED) is 0.786. The van der Waals surface area contributed by atoms with Crippen LogP contribution >= 0.6 is 11.6 Å². The zero-order chi connectivity index (χ0) is 14.7. The number of hydrogen-bond donors (Lipinski definition) is 0. The minimum atomic E-state index is -0.301. The molecule has 0 radical (unpaired) electrons. The zero-order valence-electron chi connectivity index (χ0n) is 11.8. The lowest BCUT2D eigenvalue weighted by Gasteiger charge is -2.32. The summed E-state index contributed by atoms with van der Waals surface area (Å²) >= 11 is 5.84. The summed E-state index contributed by atoms with van der Waals surface area (Å²) in [6.07, 6.45) is 4.34. The summed E-state index contributed by atoms with van der Waals surface area (Å²) in [6, 6.07) is 1.74. The topological polar surface area (TPSA) is 35.0 Å². The molecule has 0 fully saturated rings. The molecule has 0 spiro atoms. The van der Waals surface area contributed by atoms with Crippen LogP contribution in [0.3, 0.4) is 0 Å². The minimum Gasteiger partial charge on any atom is -0.374 e. The number of aromatic nitrogens is 2. The van der Waals surface area contributed by atoms with Crippen LogP contribution in [-0.2, 0) is 4.74 Å². The fourth-order valence-electron chi connectivity index (χ4n) is 2.55. The highest BCUT2D eigenvalue weighted by Crippen LogP contribution is 2.38. The number of hydrogen-bond acceptors (Lipinski definition) is 3. The summed E-state index contributed by atoms with van der Waals surface area (Å²) in [4.78, 5) is 8.06. The van der Waals surface area contributed by atoms with E-state index in [1.54, 1.807) is 12.3 Å². The maximum Gasteiger partial charge on any atom is 0.222 e. The van der Waals surface area contributed by atoms with Gasteiger partial charge in [0.05, 0.1) is 11.8 Å². The molecule has 1 aliphatic rings. The van der Waals surface area contributed by atoms with Crippen molar-refractivity contribution < 1.29 is 9.13 Å². The average Bonchev–Trinajstić information content (AvgIpc) is 2.38. The zero-order valence-corrected chi connectivity index (χ0v) is 12.6. The SMILES string of the molecule is CCOC1C=C(F)C=C(c2ccnc(Cl)n2)C1C(C)C. The molecule has 108 valence electrons. The van der Waals surface area contributed by atoms with Crippen LogP contribution in [-0.4, -0.2) is 22.7 Å². The van der Waals surface area contributed by atoms with Crippen LogP contribution in [0, 0.1) is 11.8 Å². The molecule has 3 nitrogen and oxygen atoms in total. The molecule has 1 heterocycles. The highest BCUT2D eigenvalue weighted by Gasteiger charge is 2.32. The van der Waals surface area contributed by atoms with Gasteiger partial charge in [0.25, 0.3) is 0 Å². The van der Waals surface area contributed by atoms with E-state index in [0.29, 0.717) is 12.3 Å². The Labute approximate surface area is 123 Å². The van der Waals surface area contributed by atoms with Gasteiger partial charge in [0.1, 0.15) is 5.83 Å². The molecular formula is C15H18ClFN2O. The molecule has 0 bridgehead atoms. The van der Waals surface area contributed by atoms with Crippen LogP contribution in [0.4, 0.5) is 4.39 Å². The first kappa shape index (κ1) is 15.1. The van der Waals surface area contributed by atoms with E-state index in [2.05, 4.69) is 23.8 Å². The van der Waals surface area contributed by atoms with Crippen LogP contribution in [0.1, 0.15) is 26.5 Å². The first-order valence-corrected chi connectivity index (χ1v) is 7.10. The molecule has 1 aromatic rings. The van der Waals surface area contributed by atoms with Gasteiger partial charge in [-0.25, -0.2) is 14.4 Å². The molecule has 20 heavy (non-hydrogen) atoms. The third-order valence-corrected chi connectivity index (χ3v) is 3.51. The molecule has 5 heteroatoms. The summed E-state index contributed by atoms with van der Waals surface area (Å²) in [7, 11) is 0. The Bertz CT molecular complexity index is 542. The third-order valence-electron chi connectivity index (χ3n) is 3.33. The van der Waals surface area contributed by atoms with Gasteiger partial charge in [-0.05, 0) is 48.2 Å². The van der Waals surface area contributed by atoms with Gasteiger partial charge in [-0.2, -0.15) is 0 Å². The molecule has 0 saturated carbocycles. The summed E-state index contributed by atoms with van der Waals surface area (Å²) < 4.78 is 19.5. The Kier molecular flexibility index (Phi) is 4.89. The predicted octanol–water partition coefficient (Wildman–Crippen LogP) is 4.06. The molecule has 0 saturated heterocycles. The lowest BCUT2D eigenvalue weighted by molar-refractivity contribution is 0.0547. The van der Waals surface area contributed by atoms with Gasteiger partial charge in [0, 0.05) is 18.7 Å². The summed E-state index contributed by atoms with van der Waals surface area (Å²) in [5, 5.41) is 0.161. The number of nitrogens with zero attached hydrogens (tertiary/aromatic N) is 2. The van der Waals surface area contributed by atoms with E-state index in [0.717, 1.165) is 5.57 Å². The molecule has 2 unspecified atom stereocenters. The maximum absolute atomic E-state index is 13.9. The van der Waals surface area contributed by atoms with Crippen molar-refractivity contribution in [3.8, 4) is 0 Å². The van der Waals surface area contributed by atoms with E-state index in [-0.39, 0.29) is 29.1 Å². The Morgan fingerprint density at radius 2 is 2.20 bits per heavy atom. The summed E-state index contributed by atoms with van der Waals surface area (Å²) in [5.74, 6) is 0.0291. The van der Waals surface area contributed by atoms with Gasteiger partial charge >= 0.3 is 0 Å². The monoisotopic (exact) mass is 296 g/mol. The predicted molar refractivity (Wildman–Crippen MR) is 78.0 cm³/mol. The molecule has 0 amide bonds. The molecule has 0 aliphatic heterocycles. The summed E-state index contributed by atoms with van der Waals surface area (Å²) in [5.41, 5.74) is 1.46. The number of rotatable bonds is 4. The number of halogens is 2. The van der Waals surface area contributed by atoms with Crippen molar-refractivity contribution in [1.29, 1.82) is 0 Å². The molecular weight excluding hydrogens is 279 g/mol. The fourth-order valence-corrected chi connectivity index (χ4v) is 2.70. The lowest BCUT2D eigenvalue weighted by atomic mass is 9.79. The Hall–Kier alpha value is -1.26. The van der Waals surface area contributed by atoms with Crippen LogP contribution < -0.4 is 0 Å².